The zero-order chi connectivity index (χ0) is 18.8. The van der Waals surface area contributed by atoms with Gasteiger partial charge in [0.05, 0.1) is 6.10 Å². The lowest BCUT2D eigenvalue weighted by molar-refractivity contribution is 0.174. The van der Waals surface area contributed by atoms with E-state index < -0.39 is 17.4 Å². The molecule has 0 saturated heterocycles. The molecule has 3 rings (SSSR count). The first-order chi connectivity index (χ1) is 12.3. The summed E-state index contributed by atoms with van der Waals surface area (Å²) in [6.07, 6.45) is -0.784. The summed E-state index contributed by atoms with van der Waals surface area (Å²) in [5.41, 5.74) is 4.54. The minimum absolute atomic E-state index is 0.0109. The summed E-state index contributed by atoms with van der Waals surface area (Å²) in [6, 6.07) is 6.68. The van der Waals surface area contributed by atoms with Gasteiger partial charge in [-0.3, -0.25) is 9.78 Å². The molecule has 136 valence electrons. The maximum atomic E-state index is 12.0. The number of anilines is 1. The molecule has 0 saturated carbocycles. The third kappa shape index (κ3) is 3.79. The number of aromatic nitrogens is 4. The number of aliphatic hydroxyl groups is 1. The molecule has 0 aliphatic rings. The molecule has 0 radical (unpaired) electrons. The van der Waals surface area contributed by atoms with Gasteiger partial charge in [0.1, 0.15) is 17.4 Å². The first-order valence-corrected chi connectivity index (χ1v) is 8.14. The van der Waals surface area contributed by atoms with E-state index in [0.717, 1.165) is 4.57 Å². The second-order valence-corrected chi connectivity index (χ2v) is 6.24. The van der Waals surface area contributed by atoms with Crippen LogP contribution in [0, 0.1) is 0 Å². The van der Waals surface area contributed by atoms with Gasteiger partial charge in [0.15, 0.2) is 5.82 Å². The number of nitrogen functional groups attached to an aromatic ring is 1. The molecular weight excluding hydrogens is 385 g/mol. The quantitative estimate of drug-likeness (QED) is 0.585. The largest absolute Gasteiger partial charge is 0.388 e. The number of nitrogens with zero attached hydrogens (tertiary/aromatic N) is 3. The highest BCUT2D eigenvalue weighted by Gasteiger charge is 2.16. The molecular formula is C15H13Cl2N5O4. The summed E-state index contributed by atoms with van der Waals surface area (Å²) < 4.78 is 5.81. The van der Waals surface area contributed by atoms with Crippen molar-refractivity contribution in [3.05, 3.63) is 72.4 Å². The number of nitrogens with two attached hydrogens (primary N) is 1. The summed E-state index contributed by atoms with van der Waals surface area (Å²) in [4.78, 5) is 30.2. The smallest absolute Gasteiger partial charge is 0.330 e. The highest BCUT2D eigenvalue weighted by molar-refractivity contribution is 6.32. The summed E-state index contributed by atoms with van der Waals surface area (Å²) in [6.45, 7) is -0.280. The molecule has 3 aromatic rings. The van der Waals surface area contributed by atoms with Crippen molar-refractivity contribution in [2.24, 2.45) is 0 Å². The maximum Gasteiger partial charge on any atom is 0.330 e. The van der Waals surface area contributed by atoms with E-state index in [1.165, 1.54) is 0 Å². The molecule has 9 nitrogen and oxygen atoms in total. The number of hydrogen-bond donors (Lipinski definition) is 3. The average Bonchev–Trinajstić information content (AvgIpc) is 3.04. The third-order valence-corrected chi connectivity index (χ3v) is 4.21. The van der Waals surface area contributed by atoms with Crippen LogP contribution in [0.25, 0.3) is 0 Å². The molecule has 0 amide bonds. The number of H-pyrrole nitrogens is 1. The SMILES string of the molecule is Nc1[nH]c(=O)n(Cc2nc(C[C@H](O)c3ccc(Cl)cc3)no2)c(=O)c1Cl. The molecule has 4 N–H and O–H groups in total. The Hall–Kier alpha value is -2.62. The van der Waals surface area contributed by atoms with E-state index in [2.05, 4.69) is 15.1 Å². The van der Waals surface area contributed by atoms with Crippen LogP contribution < -0.4 is 17.0 Å². The molecule has 0 aliphatic carbocycles. The lowest BCUT2D eigenvalue weighted by Gasteiger charge is -2.08. The van der Waals surface area contributed by atoms with E-state index in [1.807, 2.05) is 0 Å². The van der Waals surface area contributed by atoms with Gasteiger partial charge < -0.3 is 15.4 Å². The van der Waals surface area contributed by atoms with E-state index in [0.29, 0.717) is 10.6 Å². The molecule has 1 aromatic carbocycles. The van der Waals surface area contributed by atoms with E-state index in [9.17, 15) is 14.7 Å². The third-order valence-electron chi connectivity index (χ3n) is 3.59. The van der Waals surface area contributed by atoms with Crippen LogP contribution in [-0.2, 0) is 13.0 Å². The molecule has 0 fully saturated rings. The van der Waals surface area contributed by atoms with Crippen LogP contribution in [0.15, 0.2) is 38.4 Å². The van der Waals surface area contributed by atoms with E-state index >= 15 is 0 Å². The molecule has 26 heavy (non-hydrogen) atoms. The molecule has 0 bridgehead atoms. The Bertz CT molecular complexity index is 1040. The Morgan fingerprint density at radius 2 is 1.96 bits per heavy atom. The predicted octanol–water partition coefficient (Wildman–Crippen LogP) is 1.13. The molecule has 11 heteroatoms. The lowest BCUT2D eigenvalue weighted by atomic mass is 10.1. The average molecular weight is 398 g/mol. The number of aliphatic hydroxyl groups excluding tert-OH is 1. The van der Waals surface area contributed by atoms with Crippen molar-refractivity contribution < 1.29 is 9.63 Å². The molecule has 0 spiro atoms. The van der Waals surface area contributed by atoms with Crippen LogP contribution in [0.2, 0.25) is 10.0 Å². The van der Waals surface area contributed by atoms with Gasteiger partial charge in [-0.25, -0.2) is 9.36 Å². The van der Waals surface area contributed by atoms with Gasteiger partial charge in [-0.05, 0) is 17.7 Å². The number of aromatic amines is 1. The normalized spacial score (nSPS) is 12.3. The van der Waals surface area contributed by atoms with Crippen LogP contribution in [0.3, 0.4) is 0 Å². The van der Waals surface area contributed by atoms with Crippen molar-refractivity contribution >= 4 is 29.0 Å². The lowest BCUT2D eigenvalue weighted by Crippen LogP contribution is -2.36. The van der Waals surface area contributed by atoms with Crippen molar-refractivity contribution in [3.63, 3.8) is 0 Å². The second kappa shape index (κ2) is 7.32. The standard InChI is InChI=1S/C15H13Cl2N5O4/c16-8-3-1-7(2-4-8)9(23)5-10-19-11(26-21-10)6-22-14(24)12(17)13(18)20-15(22)25/h1-4,9,23H,5-6,18H2,(H,20,25)/t9-/m0/s1. The number of halogens is 2. The van der Waals surface area contributed by atoms with Crippen molar-refractivity contribution in [1.29, 1.82) is 0 Å². The summed E-state index contributed by atoms with van der Waals surface area (Å²) in [5, 5.41) is 14.2. The Balaban J connectivity index is 1.77. The summed E-state index contributed by atoms with van der Waals surface area (Å²) in [7, 11) is 0. The summed E-state index contributed by atoms with van der Waals surface area (Å²) in [5.74, 6) is 0.0143. The molecule has 0 aliphatic heterocycles. The van der Waals surface area contributed by atoms with Crippen molar-refractivity contribution in [2.75, 3.05) is 5.73 Å². The van der Waals surface area contributed by atoms with Crippen LogP contribution in [-0.4, -0.2) is 24.8 Å². The minimum atomic E-state index is -0.866. The van der Waals surface area contributed by atoms with Gasteiger partial charge >= 0.3 is 5.69 Å². The highest BCUT2D eigenvalue weighted by atomic mass is 35.5. The topological polar surface area (TPSA) is 140 Å². The van der Waals surface area contributed by atoms with Crippen LogP contribution in [0.1, 0.15) is 23.4 Å². The zero-order valence-corrected chi connectivity index (χ0v) is 14.7. The minimum Gasteiger partial charge on any atom is -0.388 e. The van der Waals surface area contributed by atoms with Crippen molar-refractivity contribution in [1.82, 2.24) is 19.7 Å². The van der Waals surface area contributed by atoms with Crippen LogP contribution in [0.5, 0.6) is 0 Å². The predicted molar refractivity (Wildman–Crippen MR) is 94.3 cm³/mol. The summed E-state index contributed by atoms with van der Waals surface area (Å²) >= 11 is 11.5. The van der Waals surface area contributed by atoms with Gasteiger partial charge in [-0.15, -0.1) is 0 Å². The number of nitrogens with one attached hydrogen (secondary N) is 1. The Labute approximate surface area is 156 Å². The molecule has 2 aromatic heterocycles. The fourth-order valence-corrected chi connectivity index (χ4v) is 2.53. The van der Waals surface area contributed by atoms with Gasteiger partial charge in [0.25, 0.3) is 5.56 Å². The monoisotopic (exact) mass is 397 g/mol. The maximum absolute atomic E-state index is 12.0. The Morgan fingerprint density at radius 1 is 1.27 bits per heavy atom. The van der Waals surface area contributed by atoms with E-state index in [1.54, 1.807) is 24.3 Å². The fourth-order valence-electron chi connectivity index (χ4n) is 2.26. The van der Waals surface area contributed by atoms with Crippen LogP contribution >= 0.6 is 23.2 Å². The van der Waals surface area contributed by atoms with E-state index in [-0.39, 0.29) is 35.5 Å². The fraction of sp³-hybridized carbons (Fsp3) is 0.200. The van der Waals surface area contributed by atoms with Crippen molar-refractivity contribution in [2.45, 2.75) is 19.1 Å². The van der Waals surface area contributed by atoms with Gasteiger partial charge in [0.2, 0.25) is 5.89 Å². The van der Waals surface area contributed by atoms with Gasteiger partial charge in [-0.1, -0.05) is 40.5 Å². The Morgan fingerprint density at radius 3 is 2.65 bits per heavy atom. The zero-order valence-electron chi connectivity index (χ0n) is 13.1. The Kier molecular flexibility index (Phi) is 5.12. The number of rotatable bonds is 5. The first-order valence-electron chi connectivity index (χ1n) is 7.38. The van der Waals surface area contributed by atoms with Gasteiger partial charge in [-0.2, -0.15) is 4.98 Å². The van der Waals surface area contributed by atoms with Gasteiger partial charge in [0, 0.05) is 11.4 Å². The molecule has 1 atom stereocenters. The van der Waals surface area contributed by atoms with Crippen LogP contribution in [0.4, 0.5) is 5.82 Å². The number of benzene rings is 1. The second-order valence-electron chi connectivity index (χ2n) is 5.42. The van der Waals surface area contributed by atoms with Crippen molar-refractivity contribution in [3.8, 4) is 0 Å². The number of hydrogen-bond acceptors (Lipinski definition) is 7. The first kappa shape index (κ1) is 18.2. The molecule has 2 heterocycles. The van der Waals surface area contributed by atoms with E-state index in [4.69, 9.17) is 33.5 Å². The highest BCUT2D eigenvalue weighted by Crippen LogP contribution is 2.19. The molecule has 0 unspecified atom stereocenters.